The van der Waals surface area contributed by atoms with Crippen LogP contribution < -0.4 is 10.6 Å². The molecule has 3 heterocycles. The Morgan fingerprint density at radius 3 is 2.74 bits per heavy atom. The Hall–Kier alpha value is -3.40. The largest absolute Gasteiger partial charge is 0.432 e. The summed E-state index contributed by atoms with van der Waals surface area (Å²) in [7, 11) is 0. The van der Waals surface area contributed by atoms with Crippen molar-refractivity contribution in [2.75, 3.05) is 18.1 Å². The standard InChI is InChI=1S/C21H23N7O2S/c1-13(2)25-17-15-11-24-28(18(15)27-21(26-17)31-3)10-9-22-19(29)20-23-12-16(30-20)14-7-5-4-6-8-14/h4-8,11-13H,9-10H2,1-3H3,(H,22,29)(H,25,26,27). The van der Waals surface area contributed by atoms with Crippen molar-refractivity contribution >= 4 is 34.5 Å². The van der Waals surface area contributed by atoms with Gasteiger partial charge in [-0.1, -0.05) is 42.1 Å². The number of hydrogen-bond acceptors (Lipinski definition) is 8. The predicted molar refractivity (Wildman–Crippen MR) is 120 cm³/mol. The van der Waals surface area contributed by atoms with Crippen LogP contribution in [0.1, 0.15) is 24.5 Å². The molecule has 0 aliphatic carbocycles. The summed E-state index contributed by atoms with van der Waals surface area (Å²) in [6.07, 6.45) is 5.23. The number of amides is 1. The highest BCUT2D eigenvalue weighted by atomic mass is 32.2. The molecule has 0 radical (unpaired) electrons. The number of hydrogen-bond donors (Lipinski definition) is 2. The van der Waals surface area contributed by atoms with Crippen LogP contribution in [0.4, 0.5) is 5.82 Å². The van der Waals surface area contributed by atoms with Crippen molar-refractivity contribution in [2.24, 2.45) is 0 Å². The number of rotatable bonds is 8. The van der Waals surface area contributed by atoms with E-state index in [1.54, 1.807) is 17.1 Å². The molecule has 0 spiro atoms. The number of benzene rings is 1. The first-order valence-corrected chi connectivity index (χ1v) is 11.1. The van der Waals surface area contributed by atoms with E-state index in [1.165, 1.54) is 11.8 Å². The summed E-state index contributed by atoms with van der Waals surface area (Å²) in [4.78, 5) is 25.6. The van der Waals surface area contributed by atoms with Crippen molar-refractivity contribution in [2.45, 2.75) is 31.6 Å². The van der Waals surface area contributed by atoms with Gasteiger partial charge in [0.05, 0.1) is 24.3 Å². The lowest BCUT2D eigenvalue weighted by Gasteiger charge is -2.11. The van der Waals surface area contributed by atoms with Gasteiger partial charge in [0.15, 0.2) is 16.6 Å². The van der Waals surface area contributed by atoms with Gasteiger partial charge in [0.25, 0.3) is 5.89 Å². The predicted octanol–water partition coefficient (Wildman–Crippen LogP) is 3.45. The molecule has 0 saturated carbocycles. The lowest BCUT2D eigenvalue weighted by molar-refractivity contribution is 0.0918. The summed E-state index contributed by atoms with van der Waals surface area (Å²) in [5, 5.41) is 12.1. The zero-order valence-corrected chi connectivity index (χ0v) is 18.3. The van der Waals surface area contributed by atoms with E-state index in [-0.39, 0.29) is 17.8 Å². The summed E-state index contributed by atoms with van der Waals surface area (Å²) < 4.78 is 7.35. The van der Waals surface area contributed by atoms with Gasteiger partial charge in [-0.3, -0.25) is 4.79 Å². The third-order valence-electron chi connectivity index (χ3n) is 4.45. The molecule has 0 aliphatic rings. The first-order chi connectivity index (χ1) is 15.0. The summed E-state index contributed by atoms with van der Waals surface area (Å²) in [6.45, 7) is 4.91. The maximum absolute atomic E-state index is 12.4. The maximum Gasteiger partial charge on any atom is 0.307 e. The van der Waals surface area contributed by atoms with Gasteiger partial charge in [-0.05, 0) is 20.1 Å². The van der Waals surface area contributed by atoms with Crippen LogP contribution in [0.25, 0.3) is 22.4 Å². The van der Waals surface area contributed by atoms with Gasteiger partial charge in [0.2, 0.25) is 0 Å². The second-order valence-corrected chi connectivity index (χ2v) is 7.89. The molecule has 0 atom stereocenters. The highest BCUT2D eigenvalue weighted by molar-refractivity contribution is 7.98. The average molecular weight is 438 g/mol. The fraction of sp³-hybridized carbons (Fsp3) is 0.286. The maximum atomic E-state index is 12.4. The highest BCUT2D eigenvalue weighted by Gasteiger charge is 2.16. The van der Waals surface area contributed by atoms with Gasteiger partial charge in [-0.15, -0.1) is 0 Å². The molecule has 160 valence electrons. The first-order valence-electron chi connectivity index (χ1n) is 9.88. The topological polar surface area (TPSA) is 111 Å². The Balaban J connectivity index is 1.44. The number of nitrogens with zero attached hydrogens (tertiary/aromatic N) is 5. The molecule has 0 unspecified atom stereocenters. The van der Waals surface area contributed by atoms with E-state index in [1.807, 2.05) is 36.6 Å². The molecule has 1 amide bonds. The minimum absolute atomic E-state index is 0.0274. The van der Waals surface area contributed by atoms with Gasteiger partial charge in [-0.2, -0.15) is 5.10 Å². The number of thioether (sulfide) groups is 1. The van der Waals surface area contributed by atoms with E-state index >= 15 is 0 Å². The van der Waals surface area contributed by atoms with Crippen LogP contribution in [0.15, 0.2) is 52.3 Å². The van der Waals surface area contributed by atoms with E-state index in [2.05, 4.69) is 44.5 Å². The third-order valence-corrected chi connectivity index (χ3v) is 5.00. The number of carbonyl (C=O) groups excluding carboxylic acids is 1. The monoisotopic (exact) mass is 437 g/mol. The molecule has 10 heteroatoms. The molecule has 31 heavy (non-hydrogen) atoms. The van der Waals surface area contributed by atoms with Crippen LogP contribution >= 0.6 is 11.8 Å². The van der Waals surface area contributed by atoms with Crippen LogP contribution in [-0.4, -0.2) is 49.5 Å². The molecule has 0 bridgehead atoms. The second kappa shape index (κ2) is 9.17. The van der Waals surface area contributed by atoms with Crippen LogP contribution in [0.5, 0.6) is 0 Å². The molecule has 9 nitrogen and oxygen atoms in total. The average Bonchev–Trinajstić information content (AvgIpc) is 3.42. The molecule has 0 saturated heterocycles. The van der Waals surface area contributed by atoms with E-state index in [9.17, 15) is 4.79 Å². The van der Waals surface area contributed by atoms with Crippen LogP contribution in [0.2, 0.25) is 0 Å². The number of oxazole rings is 1. The molecule has 0 fully saturated rings. The van der Waals surface area contributed by atoms with E-state index in [0.29, 0.717) is 24.0 Å². The fourth-order valence-corrected chi connectivity index (χ4v) is 3.40. The van der Waals surface area contributed by atoms with Gasteiger partial charge in [0.1, 0.15) is 5.82 Å². The Bertz CT molecular complexity index is 1190. The summed E-state index contributed by atoms with van der Waals surface area (Å²) >= 11 is 1.47. The number of carbonyl (C=O) groups is 1. The fourth-order valence-electron chi connectivity index (χ4n) is 3.04. The molecule has 4 aromatic rings. The van der Waals surface area contributed by atoms with Crippen LogP contribution in [-0.2, 0) is 6.54 Å². The van der Waals surface area contributed by atoms with Crippen molar-refractivity contribution in [1.82, 2.24) is 30.0 Å². The van der Waals surface area contributed by atoms with Gasteiger partial charge in [-0.25, -0.2) is 19.6 Å². The summed E-state index contributed by atoms with van der Waals surface area (Å²) in [5.74, 6) is 0.961. The number of nitrogens with one attached hydrogen (secondary N) is 2. The Morgan fingerprint density at radius 1 is 1.19 bits per heavy atom. The molecule has 4 rings (SSSR count). The van der Waals surface area contributed by atoms with Gasteiger partial charge in [0, 0.05) is 18.2 Å². The molecule has 1 aromatic carbocycles. The zero-order chi connectivity index (χ0) is 21.8. The van der Waals surface area contributed by atoms with E-state index in [4.69, 9.17) is 4.42 Å². The van der Waals surface area contributed by atoms with Gasteiger partial charge >= 0.3 is 5.91 Å². The normalized spacial score (nSPS) is 11.2. The van der Waals surface area contributed by atoms with Gasteiger partial charge < -0.3 is 15.1 Å². The Morgan fingerprint density at radius 2 is 2.00 bits per heavy atom. The van der Waals surface area contributed by atoms with Crippen molar-refractivity contribution in [1.29, 1.82) is 0 Å². The first kappa shape index (κ1) is 20.9. The third kappa shape index (κ3) is 4.69. The number of fused-ring (bicyclic) bond motifs is 1. The van der Waals surface area contributed by atoms with Crippen molar-refractivity contribution in [3.05, 3.63) is 48.6 Å². The molecule has 3 aromatic heterocycles. The molecular formula is C21H23N7O2S. The number of aromatic nitrogens is 5. The minimum Gasteiger partial charge on any atom is -0.432 e. The van der Waals surface area contributed by atoms with Crippen LogP contribution in [0.3, 0.4) is 0 Å². The molecule has 2 N–H and O–H groups in total. The summed E-state index contributed by atoms with van der Waals surface area (Å²) in [5.41, 5.74) is 1.59. The van der Waals surface area contributed by atoms with Crippen LogP contribution in [0, 0.1) is 0 Å². The van der Waals surface area contributed by atoms with Crippen molar-refractivity contribution < 1.29 is 9.21 Å². The van der Waals surface area contributed by atoms with Crippen molar-refractivity contribution in [3.63, 3.8) is 0 Å². The van der Waals surface area contributed by atoms with E-state index in [0.717, 1.165) is 22.4 Å². The highest BCUT2D eigenvalue weighted by Crippen LogP contribution is 2.24. The van der Waals surface area contributed by atoms with E-state index < -0.39 is 0 Å². The lowest BCUT2D eigenvalue weighted by atomic mass is 10.2. The zero-order valence-electron chi connectivity index (χ0n) is 17.5. The summed E-state index contributed by atoms with van der Waals surface area (Å²) in [6, 6.07) is 9.76. The molecule has 0 aliphatic heterocycles. The number of anilines is 1. The minimum atomic E-state index is -0.375. The Kier molecular flexibility index (Phi) is 6.17. The lowest BCUT2D eigenvalue weighted by Crippen LogP contribution is -2.27. The quantitative estimate of drug-likeness (QED) is 0.318. The Labute approximate surface area is 183 Å². The smallest absolute Gasteiger partial charge is 0.307 e. The molecular weight excluding hydrogens is 414 g/mol. The SMILES string of the molecule is CSc1nc(NC(C)C)c2cnn(CCNC(=O)c3ncc(-c4ccccc4)o3)c2n1. The second-order valence-electron chi connectivity index (χ2n) is 7.11. The van der Waals surface area contributed by atoms with Crippen molar-refractivity contribution in [3.8, 4) is 11.3 Å².